The van der Waals surface area contributed by atoms with Crippen LogP contribution in [0, 0.1) is 0 Å². The number of carbonyl (C=O) groups excluding carboxylic acids is 1. The van der Waals surface area contributed by atoms with Gasteiger partial charge in [0.1, 0.15) is 0 Å². The molecule has 0 aromatic heterocycles. The van der Waals surface area contributed by atoms with Crippen LogP contribution in [0.3, 0.4) is 0 Å². The molecule has 1 rings (SSSR count). The molecule has 0 saturated heterocycles. The number of nitrogens with one attached hydrogen (secondary N) is 1. The SMILES string of the molecule is CNC(=O)CSCc1ccc(Cl)cc1Cl. The molecule has 0 atom stereocenters. The second kappa shape index (κ2) is 6.26. The Morgan fingerprint density at radius 3 is 2.80 bits per heavy atom. The molecule has 0 heterocycles. The van der Waals surface area contributed by atoms with Crippen LogP contribution in [0.5, 0.6) is 0 Å². The van der Waals surface area contributed by atoms with Crippen molar-refractivity contribution >= 4 is 40.9 Å². The maximum absolute atomic E-state index is 11.0. The van der Waals surface area contributed by atoms with Crippen molar-refractivity contribution in [3.8, 4) is 0 Å². The van der Waals surface area contributed by atoms with Gasteiger partial charge < -0.3 is 5.32 Å². The molecule has 82 valence electrons. The van der Waals surface area contributed by atoms with Crippen LogP contribution in [-0.4, -0.2) is 18.7 Å². The summed E-state index contributed by atoms with van der Waals surface area (Å²) in [6, 6.07) is 5.38. The summed E-state index contributed by atoms with van der Waals surface area (Å²) in [6.45, 7) is 0. The number of hydrogen-bond donors (Lipinski definition) is 1. The highest BCUT2D eigenvalue weighted by atomic mass is 35.5. The summed E-state index contributed by atoms with van der Waals surface area (Å²) in [6.07, 6.45) is 0. The van der Waals surface area contributed by atoms with Crippen LogP contribution in [0.2, 0.25) is 10.0 Å². The van der Waals surface area contributed by atoms with Crippen molar-refractivity contribution in [2.75, 3.05) is 12.8 Å². The smallest absolute Gasteiger partial charge is 0.229 e. The van der Waals surface area contributed by atoms with Crippen molar-refractivity contribution < 1.29 is 4.79 Å². The molecule has 0 bridgehead atoms. The molecule has 15 heavy (non-hydrogen) atoms. The van der Waals surface area contributed by atoms with E-state index < -0.39 is 0 Å². The molecule has 2 nitrogen and oxygen atoms in total. The predicted octanol–water partition coefficient (Wildman–Crippen LogP) is 2.97. The zero-order chi connectivity index (χ0) is 11.3. The van der Waals surface area contributed by atoms with Crippen LogP contribution in [0.4, 0.5) is 0 Å². The van der Waals surface area contributed by atoms with Crippen molar-refractivity contribution in [1.82, 2.24) is 5.32 Å². The Morgan fingerprint density at radius 1 is 1.47 bits per heavy atom. The molecule has 0 aliphatic carbocycles. The Bertz CT molecular complexity index is 357. The molecule has 0 aliphatic rings. The summed E-state index contributed by atoms with van der Waals surface area (Å²) < 4.78 is 0. The Kier molecular flexibility index (Phi) is 5.29. The molecule has 0 aliphatic heterocycles. The summed E-state index contributed by atoms with van der Waals surface area (Å²) in [4.78, 5) is 11.0. The number of benzene rings is 1. The van der Waals surface area contributed by atoms with Gasteiger partial charge in [-0.3, -0.25) is 4.79 Å². The van der Waals surface area contributed by atoms with Crippen LogP contribution in [0.25, 0.3) is 0 Å². The van der Waals surface area contributed by atoms with E-state index in [0.717, 1.165) is 5.56 Å². The fourth-order valence-electron chi connectivity index (χ4n) is 0.965. The molecular weight excluding hydrogens is 253 g/mol. The van der Waals surface area contributed by atoms with E-state index in [1.165, 1.54) is 11.8 Å². The minimum Gasteiger partial charge on any atom is -0.358 e. The van der Waals surface area contributed by atoms with Gasteiger partial charge in [0.2, 0.25) is 5.91 Å². The van der Waals surface area contributed by atoms with E-state index in [0.29, 0.717) is 21.6 Å². The Labute approximate surface area is 103 Å². The lowest BCUT2D eigenvalue weighted by molar-refractivity contribution is -0.118. The molecule has 1 aromatic rings. The molecular formula is C10H11Cl2NOS. The first-order valence-corrected chi connectivity index (χ1v) is 6.27. The predicted molar refractivity (Wildman–Crippen MR) is 66.7 cm³/mol. The van der Waals surface area contributed by atoms with Gasteiger partial charge in [0.15, 0.2) is 0 Å². The van der Waals surface area contributed by atoms with E-state index in [1.807, 2.05) is 6.07 Å². The lowest BCUT2D eigenvalue weighted by atomic mass is 10.2. The third-order valence-electron chi connectivity index (χ3n) is 1.78. The summed E-state index contributed by atoms with van der Waals surface area (Å²) in [5.41, 5.74) is 0.995. The molecule has 1 aromatic carbocycles. The van der Waals surface area contributed by atoms with E-state index in [1.54, 1.807) is 19.2 Å². The number of amides is 1. The van der Waals surface area contributed by atoms with Gasteiger partial charge in [0, 0.05) is 22.8 Å². The van der Waals surface area contributed by atoms with Crippen LogP contribution in [-0.2, 0) is 10.5 Å². The van der Waals surface area contributed by atoms with Gasteiger partial charge in [0.05, 0.1) is 5.75 Å². The average Bonchev–Trinajstić information content (AvgIpc) is 2.21. The Balaban J connectivity index is 2.47. The molecule has 0 saturated carbocycles. The van der Waals surface area contributed by atoms with Crippen LogP contribution >= 0.6 is 35.0 Å². The molecule has 0 fully saturated rings. The van der Waals surface area contributed by atoms with Crippen LogP contribution < -0.4 is 5.32 Å². The van der Waals surface area contributed by atoms with Crippen molar-refractivity contribution in [3.63, 3.8) is 0 Å². The standard InChI is InChI=1S/C10H11Cl2NOS/c1-13-10(14)6-15-5-7-2-3-8(11)4-9(7)12/h2-4H,5-6H2,1H3,(H,13,14). The highest BCUT2D eigenvalue weighted by Crippen LogP contribution is 2.24. The zero-order valence-electron chi connectivity index (χ0n) is 8.22. The van der Waals surface area contributed by atoms with Crippen molar-refractivity contribution in [1.29, 1.82) is 0 Å². The van der Waals surface area contributed by atoms with Crippen molar-refractivity contribution in [3.05, 3.63) is 33.8 Å². The van der Waals surface area contributed by atoms with E-state index in [2.05, 4.69) is 5.32 Å². The molecule has 0 radical (unpaired) electrons. The number of hydrogen-bond acceptors (Lipinski definition) is 2. The van der Waals surface area contributed by atoms with E-state index in [4.69, 9.17) is 23.2 Å². The van der Waals surface area contributed by atoms with E-state index in [-0.39, 0.29) is 5.91 Å². The van der Waals surface area contributed by atoms with Crippen molar-refractivity contribution in [2.24, 2.45) is 0 Å². The maximum atomic E-state index is 11.0. The van der Waals surface area contributed by atoms with E-state index >= 15 is 0 Å². The number of thioether (sulfide) groups is 1. The lowest BCUT2D eigenvalue weighted by Gasteiger charge is -2.04. The van der Waals surface area contributed by atoms with Gasteiger partial charge in [-0.15, -0.1) is 11.8 Å². The fraction of sp³-hybridized carbons (Fsp3) is 0.300. The maximum Gasteiger partial charge on any atom is 0.229 e. The van der Waals surface area contributed by atoms with Crippen LogP contribution in [0.1, 0.15) is 5.56 Å². The third kappa shape index (κ3) is 4.33. The largest absolute Gasteiger partial charge is 0.358 e. The number of carbonyl (C=O) groups is 1. The summed E-state index contributed by atoms with van der Waals surface area (Å²) in [5.74, 6) is 1.17. The minimum absolute atomic E-state index is 0.0186. The second-order valence-electron chi connectivity index (χ2n) is 2.90. The van der Waals surface area contributed by atoms with Crippen LogP contribution in [0.15, 0.2) is 18.2 Å². The van der Waals surface area contributed by atoms with E-state index in [9.17, 15) is 4.79 Å². The minimum atomic E-state index is 0.0186. The molecule has 0 spiro atoms. The Hall–Kier alpha value is -0.380. The average molecular weight is 264 g/mol. The summed E-state index contributed by atoms with van der Waals surface area (Å²) in [7, 11) is 1.62. The molecule has 1 N–H and O–H groups in total. The van der Waals surface area contributed by atoms with Gasteiger partial charge >= 0.3 is 0 Å². The fourth-order valence-corrected chi connectivity index (χ4v) is 2.42. The molecule has 5 heteroatoms. The normalized spacial score (nSPS) is 10.1. The second-order valence-corrected chi connectivity index (χ2v) is 4.73. The van der Waals surface area contributed by atoms with Crippen molar-refractivity contribution in [2.45, 2.75) is 5.75 Å². The van der Waals surface area contributed by atoms with Gasteiger partial charge in [-0.1, -0.05) is 29.3 Å². The molecule has 1 amide bonds. The highest BCUT2D eigenvalue weighted by molar-refractivity contribution is 7.99. The summed E-state index contributed by atoms with van der Waals surface area (Å²) >= 11 is 13.3. The third-order valence-corrected chi connectivity index (χ3v) is 3.35. The zero-order valence-corrected chi connectivity index (χ0v) is 10.5. The lowest BCUT2D eigenvalue weighted by Crippen LogP contribution is -2.19. The van der Waals surface area contributed by atoms with Gasteiger partial charge in [-0.05, 0) is 17.7 Å². The summed E-state index contributed by atoms with van der Waals surface area (Å²) in [5, 5.41) is 3.83. The van der Waals surface area contributed by atoms with Gasteiger partial charge in [0.25, 0.3) is 0 Å². The first kappa shape index (κ1) is 12.7. The first-order chi connectivity index (χ1) is 7.13. The topological polar surface area (TPSA) is 29.1 Å². The number of halogens is 2. The number of rotatable bonds is 4. The molecule has 0 unspecified atom stereocenters. The highest BCUT2D eigenvalue weighted by Gasteiger charge is 2.03. The Morgan fingerprint density at radius 2 is 2.20 bits per heavy atom. The van der Waals surface area contributed by atoms with Gasteiger partial charge in [-0.2, -0.15) is 0 Å². The van der Waals surface area contributed by atoms with Gasteiger partial charge in [-0.25, -0.2) is 0 Å². The first-order valence-electron chi connectivity index (χ1n) is 4.35. The quantitative estimate of drug-likeness (QED) is 0.905. The monoisotopic (exact) mass is 263 g/mol.